The highest BCUT2D eigenvalue weighted by Gasteiger charge is 2.12. The van der Waals surface area contributed by atoms with E-state index in [0.29, 0.717) is 17.9 Å². The quantitative estimate of drug-likeness (QED) is 0.606. The predicted octanol–water partition coefficient (Wildman–Crippen LogP) is 3.25. The van der Waals surface area contributed by atoms with Crippen LogP contribution in [-0.2, 0) is 13.0 Å². The van der Waals surface area contributed by atoms with E-state index in [4.69, 9.17) is 0 Å². The molecule has 0 unspecified atom stereocenters. The maximum atomic E-state index is 12.7. The third kappa shape index (κ3) is 3.32. The summed E-state index contributed by atoms with van der Waals surface area (Å²) >= 11 is 0. The summed E-state index contributed by atoms with van der Waals surface area (Å²) in [5, 5.41) is 11.2. The molecular formula is C21H18N4O. The average Bonchev–Trinajstić information content (AvgIpc) is 3.10. The molecule has 2 aromatic heterocycles. The summed E-state index contributed by atoms with van der Waals surface area (Å²) in [6.07, 6.45) is 2.61. The molecule has 0 fully saturated rings. The second-order valence-electron chi connectivity index (χ2n) is 6.05. The third-order valence-electron chi connectivity index (χ3n) is 4.29. The number of benzene rings is 2. The van der Waals surface area contributed by atoms with E-state index in [1.807, 2.05) is 71.3 Å². The van der Waals surface area contributed by atoms with E-state index in [0.717, 1.165) is 17.6 Å². The lowest BCUT2D eigenvalue weighted by molar-refractivity contribution is 0.0949. The number of amides is 1. The fraction of sp³-hybridized carbons (Fsp3) is 0.0952. The van der Waals surface area contributed by atoms with E-state index in [1.165, 1.54) is 5.56 Å². The summed E-state index contributed by atoms with van der Waals surface area (Å²) in [6.45, 7) is 0.323. The van der Waals surface area contributed by atoms with E-state index in [9.17, 15) is 4.79 Å². The highest BCUT2D eigenvalue weighted by molar-refractivity contribution is 5.95. The normalized spacial score (nSPS) is 10.8. The number of carbonyl (C=O) groups excluding carboxylic acids is 1. The van der Waals surface area contributed by atoms with Gasteiger partial charge in [0, 0.05) is 11.8 Å². The van der Waals surface area contributed by atoms with Gasteiger partial charge in [-0.05, 0) is 35.7 Å². The number of rotatable bonds is 5. The van der Waals surface area contributed by atoms with Gasteiger partial charge in [-0.25, -0.2) is 0 Å². The van der Waals surface area contributed by atoms with Crippen molar-refractivity contribution in [1.29, 1.82) is 0 Å². The molecule has 0 aliphatic rings. The first-order valence-corrected chi connectivity index (χ1v) is 8.50. The summed E-state index contributed by atoms with van der Waals surface area (Å²) in [6, 6.07) is 23.5. The highest BCUT2D eigenvalue weighted by atomic mass is 16.1. The second-order valence-corrected chi connectivity index (χ2v) is 6.05. The molecule has 128 valence electrons. The molecule has 0 aliphatic carbocycles. The zero-order valence-corrected chi connectivity index (χ0v) is 14.2. The Morgan fingerprint density at radius 3 is 2.54 bits per heavy atom. The van der Waals surface area contributed by atoms with Gasteiger partial charge in [-0.15, -0.1) is 10.2 Å². The topological polar surface area (TPSA) is 59.3 Å². The number of pyridine rings is 1. The number of carbonyl (C=O) groups is 1. The van der Waals surface area contributed by atoms with Crippen LogP contribution in [0.2, 0.25) is 0 Å². The molecule has 5 heteroatoms. The van der Waals surface area contributed by atoms with E-state index in [-0.39, 0.29) is 5.91 Å². The van der Waals surface area contributed by atoms with Crippen LogP contribution in [0.4, 0.5) is 0 Å². The van der Waals surface area contributed by atoms with Gasteiger partial charge in [-0.3, -0.25) is 9.20 Å². The van der Waals surface area contributed by atoms with Gasteiger partial charge in [0.15, 0.2) is 11.5 Å². The fourth-order valence-corrected chi connectivity index (χ4v) is 2.98. The molecule has 0 atom stereocenters. The Morgan fingerprint density at radius 1 is 0.885 bits per heavy atom. The number of nitrogens with one attached hydrogen (secondary N) is 1. The van der Waals surface area contributed by atoms with Gasteiger partial charge < -0.3 is 5.32 Å². The third-order valence-corrected chi connectivity index (χ3v) is 4.29. The summed E-state index contributed by atoms with van der Waals surface area (Å²) < 4.78 is 1.87. The van der Waals surface area contributed by atoms with Gasteiger partial charge in [0.05, 0.1) is 6.54 Å². The Bertz CT molecular complexity index is 1040. The monoisotopic (exact) mass is 342 g/mol. The van der Waals surface area contributed by atoms with Crippen molar-refractivity contribution in [3.05, 3.63) is 102 Å². The summed E-state index contributed by atoms with van der Waals surface area (Å²) in [5.74, 6) is 0.596. The van der Waals surface area contributed by atoms with Crippen molar-refractivity contribution in [2.75, 3.05) is 0 Å². The second kappa shape index (κ2) is 7.19. The van der Waals surface area contributed by atoms with Gasteiger partial charge in [-0.1, -0.05) is 54.6 Å². The van der Waals surface area contributed by atoms with Gasteiger partial charge in [0.1, 0.15) is 0 Å². The molecule has 0 radical (unpaired) electrons. The zero-order valence-electron chi connectivity index (χ0n) is 14.2. The molecule has 1 amide bonds. The Balaban J connectivity index is 1.51. The Hall–Kier alpha value is -3.47. The van der Waals surface area contributed by atoms with Crippen LogP contribution >= 0.6 is 0 Å². The minimum atomic E-state index is -0.107. The van der Waals surface area contributed by atoms with Crippen LogP contribution in [0, 0.1) is 0 Å². The van der Waals surface area contributed by atoms with Crippen LogP contribution in [0.3, 0.4) is 0 Å². The van der Waals surface area contributed by atoms with E-state index in [2.05, 4.69) is 27.6 Å². The summed E-state index contributed by atoms with van der Waals surface area (Å²) in [7, 11) is 0. The molecule has 1 N–H and O–H groups in total. The lowest BCUT2D eigenvalue weighted by atomic mass is 9.99. The van der Waals surface area contributed by atoms with Crippen molar-refractivity contribution < 1.29 is 4.79 Å². The van der Waals surface area contributed by atoms with Crippen LogP contribution in [0.5, 0.6) is 0 Å². The van der Waals surface area contributed by atoms with Crippen LogP contribution in [-0.4, -0.2) is 20.5 Å². The zero-order chi connectivity index (χ0) is 17.8. The molecule has 4 rings (SSSR count). The molecule has 0 aliphatic heterocycles. The number of hydrogen-bond donors (Lipinski definition) is 1. The highest BCUT2D eigenvalue weighted by Crippen LogP contribution is 2.14. The van der Waals surface area contributed by atoms with Crippen molar-refractivity contribution in [3.8, 4) is 0 Å². The molecule has 5 nitrogen and oxygen atoms in total. The number of nitrogens with zero attached hydrogens (tertiary/aromatic N) is 3. The first kappa shape index (κ1) is 16.0. The van der Waals surface area contributed by atoms with Gasteiger partial charge in [0.2, 0.25) is 0 Å². The molecule has 26 heavy (non-hydrogen) atoms. The molecule has 0 spiro atoms. The molecule has 0 saturated carbocycles. The van der Waals surface area contributed by atoms with Crippen LogP contribution in [0.1, 0.15) is 27.3 Å². The molecule has 0 bridgehead atoms. The standard InChI is InChI=1S/C21H18N4O/c26-21(22-15-20-24-23-19-12-6-7-13-25(19)20)18-11-5-4-10-17(18)14-16-8-2-1-3-9-16/h1-13H,14-15H2,(H,22,26). The maximum Gasteiger partial charge on any atom is 0.251 e. The summed E-state index contributed by atoms with van der Waals surface area (Å²) in [4.78, 5) is 12.7. The van der Waals surface area contributed by atoms with E-state index >= 15 is 0 Å². The average molecular weight is 342 g/mol. The lowest BCUT2D eigenvalue weighted by Crippen LogP contribution is -2.25. The van der Waals surface area contributed by atoms with Crippen molar-refractivity contribution in [1.82, 2.24) is 19.9 Å². The van der Waals surface area contributed by atoms with Crippen molar-refractivity contribution in [2.45, 2.75) is 13.0 Å². The first-order chi connectivity index (χ1) is 12.8. The van der Waals surface area contributed by atoms with Crippen LogP contribution < -0.4 is 5.32 Å². The minimum absolute atomic E-state index is 0.107. The Labute approximate surface area is 151 Å². The minimum Gasteiger partial charge on any atom is -0.345 e. The fourth-order valence-electron chi connectivity index (χ4n) is 2.98. The van der Waals surface area contributed by atoms with Gasteiger partial charge in [-0.2, -0.15) is 0 Å². The van der Waals surface area contributed by atoms with Crippen LogP contribution in [0.25, 0.3) is 5.65 Å². The van der Waals surface area contributed by atoms with E-state index in [1.54, 1.807) is 0 Å². The van der Waals surface area contributed by atoms with Crippen molar-refractivity contribution >= 4 is 11.6 Å². The molecular weight excluding hydrogens is 324 g/mol. The molecule has 0 saturated heterocycles. The van der Waals surface area contributed by atoms with Gasteiger partial charge >= 0.3 is 0 Å². The number of hydrogen-bond acceptors (Lipinski definition) is 3. The molecule has 4 aromatic rings. The maximum absolute atomic E-state index is 12.7. The largest absolute Gasteiger partial charge is 0.345 e. The van der Waals surface area contributed by atoms with Gasteiger partial charge in [0.25, 0.3) is 5.91 Å². The Kier molecular flexibility index (Phi) is 4.43. The van der Waals surface area contributed by atoms with Crippen molar-refractivity contribution in [3.63, 3.8) is 0 Å². The SMILES string of the molecule is O=C(NCc1nnc2ccccn12)c1ccccc1Cc1ccccc1. The van der Waals surface area contributed by atoms with E-state index < -0.39 is 0 Å². The van der Waals surface area contributed by atoms with Crippen molar-refractivity contribution in [2.24, 2.45) is 0 Å². The smallest absolute Gasteiger partial charge is 0.251 e. The number of aromatic nitrogens is 3. The Morgan fingerprint density at radius 2 is 1.65 bits per heavy atom. The predicted molar refractivity (Wildman–Crippen MR) is 99.8 cm³/mol. The van der Waals surface area contributed by atoms with Crippen LogP contribution in [0.15, 0.2) is 79.0 Å². The summed E-state index contributed by atoms with van der Waals surface area (Å²) in [5.41, 5.74) is 3.63. The lowest BCUT2D eigenvalue weighted by Gasteiger charge is -2.10. The molecule has 2 heterocycles. The first-order valence-electron chi connectivity index (χ1n) is 8.50. The molecule has 2 aromatic carbocycles. The number of fused-ring (bicyclic) bond motifs is 1.